The number of hydrogen-bond donors (Lipinski definition) is 3. The van der Waals surface area contributed by atoms with Gasteiger partial charge in [0.15, 0.2) is 0 Å². The predicted molar refractivity (Wildman–Crippen MR) is 77.5 cm³/mol. The summed E-state index contributed by atoms with van der Waals surface area (Å²) in [5.41, 5.74) is 10.8. The maximum Gasteiger partial charge on any atom is 0.0705 e. The number of nitrogen functional groups attached to an aromatic ring is 1. The molecule has 0 radical (unpaired) electrons. The van der Waals surface area contributed by atoms with Crippen LogP contribution in [0.25, 0.3) is 0 Å². The van der Waals surface area contributed by atoms with Gasteiger partial charge in [-0.15, -0.1) is 0 Å². The van der Waals surface area contributed by atoms with Crippen LogP contribution in [-0.4, -0.2) is 12.8 Å². The van der Waals surface area contributed by atoms with E-state index in [1.165, 1.54) is 5.56 Å². The van der Waals surface area contributed by atoms with Crippen LogP contribution in [0.5, 0.6) is 0 Å². The average molecular weight is 239 g/mol. The van der Waals surface area contributed by atoms with Gasteiger partial charge < -0.3 is 11.1 Å². The van der Waals surface area contributed by atoms with Crippen molar-refractivity contribution in [1.29, 1.82) is 5.41 Å². The van der Waals surface area contributed by atoms with Crippen molar-refractivity contribution in [2.45, 2.75) is 6.92 Å². The van der Waals surface area contributed by atoms with Crippen molar-refractivity contribution in [3.05, 3.63) is 59.2 Å². The molecule has 3 heteroatoms. The molecule has 0 aliphatic rings. The number of anilines is 2. The lowest BCUT2D eigenvalue weighted by Gasteiger charge is -2.11. The molecule has 0 aliphatic carbocycles. The zero-order valence-electron chi connectivity index (χ0n) is 10.6. The first kappa shape index (κ1) is 12.2. The fraction of sp³-hybridized carbons (Fsp3) is 0.133. The number of nitrogens with one attached hydrogen (secondary N) is 2. The Morgan fingerprint density at radius 2 is 1.78 bits per heavy atom. The summed E-state index contributed by atoms with van der Waals surface area (Å²) in [5, 5.41) is 11.4. The fourth-order valence-electron chi connectivity index (χ4n) is 1.89. The van der Waals surface area contributed by atoms with E-state index in [4.69, 9.17) is 11.1 Å². The lowest BCUT2D eigenvalue weighted by molar-refractivity contribution is 1.39. The summed E-state index contributed by atoms with van der Waals surface area (Å²) in [4.78, 5) is 0. The molecule has 0 saturated carbocycles. The van der Waals surface area contributed by atoms with Gasteiger partial charge in [-0.1, -0.05) is 24.3 Å². The van der Waals surface area contributed by atoms with Crippen molar-refractivity contribution >= 4 is 17.1 Å². The summed E-state index contributed by atoms with van der Waals surface area (Å²) in [6.45, 7) is 2.04. The van der Waals surface area contributed by atoms with Crippen LogP contribution >= 0.6 is 0 Å². The monoisotopic (exact) mass is 239 g/mol. The molecule has 0 aliphatic heterocycles. The van der Waals surface area contributed by atoms with Gasteiger partial charge in [-0.3, -0.25) is 5.41 Å². The molecule has 0 bridgehead atoms. The summed E-state index contributed by atoms with van der Waals surface area (Å²) in [5.74, 6) is 0. The first-order chi connectivity index (χ1) is 8.61. The van der Waals surface area contributed by atoms with E-state index in [0.717, 1.165) is 16.8 Å². The highest BCUT2D eigenvalue weighted by atomic mass is 14.8. The zero-order valence-corrected chi connectivity index (χ0v) is 10.6. The van der Waals surface area contributed by atoms with Gasteiger partial charge in [0.05, 0.1) is 5.71 Å². The summed E-state index contributed by atoms with van der Waals surface area (Å²) in [6.07, 6.45) is 0. The SMILES string of the molecule is CNc1cc(C)ccc1C(=N)c1ccc(N)cc1. The van der Waals surface area contributed by atoms with E-state index >= 15 is 0 Å². The Morgan fingerprint density at radius 1 is 1.11 bits per heavy atom. The van der Waals surface area contributed by atoms with E-state index in [0.29, 0.717) is 11.4 Å². The Labute approximate surface area is 107 Å². The molecule has 92 valence electrons. The Kier molecular flexibility index (Phi) is 3.33. The highest BCUT2D eigenvalue weighted by Gasteiger charge is 2.09. The lowest BCUT2D eigenvalue weighted by atomic mass is 9.99. The van der Waals surface area contributed by atoms with E-state index in [1.807, 2.05) is 56.4 Å². The van der Waals surface area contributed by atoms with Gasteiger partial charge >= 0.3 is 0 Å². The molecular weight excluding hydrogens is 222 g/mol. The summed E-state index contributed by atoms with van der Waals surface area (Å²) < 4.78 is 0. The number of aryl methyl sites for hydroxylation is 1. The van der Waals surface area contributed by atoms with Gasteiger partial charge in [0, 0.05) is 29.5 Å². The van der Waals surface area contributed by atoms with Gasteiger partial charge in [0.25, 0.3) is 0 Å². The Balaban J connectivity index is 2.42. The third kappa shape index (κ3) is 2.35. The van der Waals surface area contributed by atoms with Crippen LogP contribution in [0.4, 0.5) is 11.4 Å². The van der Waals surface area contributed by atoms with E-state index in [-0.39, 0.29) is 0 Å². The fourth-order valence-corrected chi connectivity index (χ4v) is 1.89. The van der Waals surface area contributed by atoms with Gasteiger partial charge in [0.1, 0.15) is 0 Å². The van der Waals surface area contributed by atoms with Crippen LogP contribution in [0, 0.1) is 12.3 Å². The van der Waals surface area contributed by atoms with Crippen molar-refractivity contribution < 1.29 is 0 Å². The van der Waals surface area contributed by atoms with Crippen molar-refractivity contribution in [3.8, 4) is 0 Å². The average Bonchev–Trinajstić information content (AvgIpc) is 2.38. The molecular formula is C15H17N3. The van der Waals surface area contributed by atoms with Crippen molar-refractivity contribution in [2.24, 2.45) is 0 Å². The minimum Gasteiger partial charge on any atom is -0.399 e. The highest BCUT2D eigenvalue weighted by Crippen LogP contribution is 2.21. The molecule has 0 saturated heterocycles. The van der Waals surface area contributed by atoms with Crippen molar-refractivity contribution in [2.75, 3.05) is 18.1 Å². The summed E-state index contributed by atoms with van der Waals surface area (Å²) >= 11 is 0. The van der Waals surface area contributed by atoms with Gasteiger partial charge in [-0.25, -0.2) is 0 Å². The standard InChI is InChI=1S/C15H17N3/c1-10-3-8-13(14(9-10)18-2)15(17)11-4-6-12(16)7-5-11/h3-9,17-18H,16H2,1-2H3. The van der Waals surface area contributed by atoms with Crippen LogP contribution in [0.1, 0.15) is 16.7 Å². The molecule has 18 heavy (non-hydrogen) atoms. The molecule has 0 unspecified atom stereocenters. The van der Waals surface area contributed by atoms with Gasteiger partial charge in [0.2, 0.25) is 0 Å². The second-order valence-corrected chi connectivity index (χ2v) is 4.30. The van der Waals surface area contributed by atoms with E-state index in [1.54, 1.807) is 0 Å². The topological polar surface area (TPSA) is 61.9 Å². The maximum absolute atomic E-state index is 8.28. The summed E-state index contributed by atoms with van der Waals surface area (Å²) in [7, 11) is 1.87. The molecule has 2 aromatic rings. The number of nitrogens with two attached hydrogens (primary N) is 1. The second kappa shape index (κ2) is 4.92. The third-order valence-corrected chi connectivity index (χ3v) is 2.91. The van der Waals surface area contributed by atoms with Crippen LogP contribution in [-0.2, 0) is 0 Å². The van der Waals surface area contributed by atoms with E-state index in [9.17, 15) is 0 Å². The number of benzene rings is 2. The van der Waals surface area contributed by atoms with Gasteiger partial charge in [-0.2, -0.15) is 0 Å². The Bertz CT molecular complexity index is 571. The van der Waals surface area contributed by atoms with Crippen LogP contribution in [0.3, 0.4) is 0 Å². The third-order valence-electron chi connectivity index (χ3n) is 2.91. The van der Waals surface area contributed by atoms with E-state index < -0.39 is 0 Å². The molecule has 3 nitrogen and oxygen atoms in total. The molecule has 0 spiro atoms. The molecule has 0 amide bonds. The predicted octanol–water partition coefficient (Wildman–Crippen LogP) is 3.04. The van der Waals surface area contributed by atoms with Crippen molar-refractivity contribution in [3.63, 3.8) is 0 Å². The molecule has 4 N–H and O–H groups in total. The smallest absolute Gasteiger partial charge is 0.0705 e. The normalized spacial score (nSPS) is 10.1. The molecule has 2 rings (SSSR count). The Hall–Kier alpha value is -2.29. The van der Waals surface area contributed by atoms with Crippen LogP contribution in [0.2, 0.25) is 0 Å². The molecule has 0 atom stereocenters. The molecule has 0 heterocycles. The van der Waals surface area contributed by atoms with Crippen LogP contribution < -0.4 is 11.1 Å². The molecule has 0 fully saturated rings. The van der Waals surface area contributed by atoms with Crippen LogP contribution in [0.15, 0.2) is 42.5 Å². The largest absolute Gasteiger partial charge is 0.399 e. The summed E-state index contributed by atoms with van der Waals surface area (Å²) in [6, 6.07) is 13.4. The minimum absolute atomic E-state index is 0.499. The minimum atomic E-state index is 0.499. The number of rotatable bonds is 3. The van der Waals surface area contributed by atoms with Gasteiger partial charge in [-0.05, 0) is 30.7 Å². The Morgan fingerprint density at radius 3 is 2.39 bits per heavy atom. The maximum atomic E-state index is 8.28. The first-order valence-corrected chi connectivity index (χ1v) is 5.85. The lowest BCUT2D eigenvalue weighted by Crippen LogP contribution is -2.06. The molecule has 0 aromatic heterocycles. The molecule has 2 aromatic carbocycles. The zero-order chi connectivity index (χ0) is 13.1. The van der Waals surface area contributed by atoms with Crippen molar-refractivity contribution in [1.82, 2.24) is 0 Å². The first-order valence-electron chi connectivity index (χ1n) is 5.85. The highest BCUT2D eigenvalue weighted by molar-refractivity contribution is 6.14. The quantitative estimate of drug-likeness (QED) is 0.569. The van der Waals surface area contributed by atoms with E-state index in [2.05, 4.69) is 5.32 Å². The number of hydrogen-bond acceptors (Lipinski definition) is 3. The second-order valence-electron chi connectivity index (χ2n) is 4.30.